The van der Waals surface area contributed by atoms with Crippen LogP contribution in [0.2, 0.25) is 15.1 Å². The van der Waals surface area contributed by atoms with Crippen molar-refractivity contribution < 1.29 is 4.79 Å². The van der Waals surface area contributed by atoms with Crippen LogP contribution in [-0.4, -0.2) is 12.5 Å². The fourth-order valence-electron chi connectivity index (χ4n) is 3.02. The lowest BCUT2D eigenvalue weighted by molar-refractivity contribution is -0.120. The Labute approximate surface area is 151 Å². The average Bonchev–Trinajstić information content (AvgIpc) is 2.52. The molecule has 120 valence electrons. The van der Waals surface area contributed by atoms with E-state index in [-0.39, 0.29) is 5.91 Å². The van der Waals surface area contributed by atoms with Crippen LogP contribution < -0.4 is 4.90 Å². The second-order valence-electron chi connectivity index (χ2n) is 5.77. The molecule has 2 aromatic rings. The number of para-hydroxylation sites is 1. The van der Waals surface area contributed by atoms with Crippen LogP contribution in [0.4, 0.5) is 5.69 Å². The number of hydrogen-bond acceptors (Lipinski definition) is 1. The molecule has 2 aromatic carbocycles. The molecule has 1 aliphatic rings. The standard InChI is InChI=1S/C18H16Cl3NO/c19-14-5-2-1-4-13(14)10-12-8-9-17(23)22(11-12)18-15(20)6-3-7-16(18)21/h1-7,12H,8-11H2. The topological polar surface area (TPSA) is 20.3 Å². The van der Waals surface area contributed by atoms with Crippen molar-refractivity contribution in [2.75, 3.05) is 11.4 Å². The predicted octanol–water partition coefficient (Wildman–Crippen LogP) is 5.63. The molecule has 0 bridgehead atoms. The van der Waals surface area contributed by atoms with Crippen LogP contribution in [0.15, 0.2) is 42.5 Å². The lowest BCUT2D eigenvalue weighted by Crippen LogP contribution is -2.41. The van der Waals surface area contributed by atoms with Crippen molar-refractivity contribution in [2.45, 2.75) is 19.3 Å². The van der Waals surface area contributed by atoms with Crippen molar-refractivity contribution >= 4 is 46.4 Å². The molecule has 0 N–H and O–H groups in total. The van der Waals surface area contributed by atoms with E-state index in [0.29, 0.717) is 34.6 Å². The summed E-state index contributed by atoms with van der Waals surface area (Å²) in [6.07, 6.45) is 2.19. The number of rotatable bonds is 3. The van der Waals surface area contributed by atoms with Crippen molar-refractivity contribution in [3.63, 3.8) is 0 Å². The monoisotopic (exact) mass is 367 g/mol. The number of piperidine rings is 1. The summed E-state index contributed by atoms with van der Waals surface area (Å²) in [5, 5.41) is 1.78. The molecule has 23 heavy (non-hydrogen) atoms. The van der Waals surface area contributed by atoms with Gasteiger partial charge in [0.05, 0.1) is 15.7 Å². The summed E-state index contributed by atoms with van der Waals surface area (Å²) in [4.78, 5) is 14.1. The molecule has 5 heteroatoms. The molecule has 0 saturated carbocycles. The van der Waals surface area contributed by atoms with Gasteiger partial charge in [0.25, 0.3) is 0 Å². The van der Waals surface area contributed by atoms with Crippen molar-refractivity contribution in [1.29, 1.82) is 0 Å². The van der Waals surface area contributed by atoms with Crippen LogP contribution in [0.1, 0.15) is 18.4 Å². The quantitative estimate of drug-likeness (QED) is 0.687. The summed E-state index contributed by atoms with van der Waals surface area (Å²) < 4.78 is 0. The first kappa shape index (κ1) is 16.6. The van der Waals surface area contributed by atoms with Gasteiger partial charge < -0.3 is 4.90 Å². The molecular formula is C18H16Cl3NO. The van der Waals surface area contributed by atoms with Gasteiger partial charge in [0.1, 0.15) is 0 Å². The minimum Gasteiger partial charge on any atom is -0.309 e. The summed E-state index contributed by atoms with van der Waals surface area (Å²) in [6, 6.07) is 13.1. The van der Waals surface area contributed by atoms with Crippen LogP contribution >= 0.6 is 34.8 Å². The average molecular weight is 369 g/mol. The van der Waals surface area contributed by atoms with E-state index in [1.54, 1.807) is 23.1 Å². The number of nitrogens with zero attached hydrogens (tertiary/aromatic N) is 1. The van der Waals surface area contributed by atoms with Crippen molar-refractivity contribution in [2.24, 2.45) is 5.92 Å². The number of carbonyl (C=O) groups is 1. The highest BCUT2D eigenvalue weighted by Gasteiger charge is 2.29. The van der Waals surface area contributed by atoms with Crippen molar-refractivity contribution in [3.8, 4) is 0 Å². The highest BCUT2D eigenvalue weighted by molar-refractivity contribution is 6.40. The molecule has 1 amide bonds. The Hall–Kier alpha value is -1.22. The van der Waals surface area contributed by atoms with E-state index in [1.165, 1.54) is 0 Å². The van der Waals surface area contributed by atoms with Crippen molar-refractivity contribution in [3.05, 3.63) is 63.1 Å². The van der Waals surface area contributed by atoms with Crippen molar-refractivity contribution in [1.82, 2.24) is 0 Å². The summed E-state index contributed by atoms with van der Waals surface area (Å²) >= 11 is 18.8. The number of carbonyl (C=O) groups excluding carboxylic acids is 1. The zero-order chi connectivity index (χ0) is 16.4. The maximum Gasteiger partial charge on any atom is 0.227 e. The fraction of sp³-hybridized carbons (Fsp3) is 0.278. The summed E-state index contributed by atoms with van der Waals surface area (Å²) in [7, 11) is 0. The second-order valence-corrected chi connectivity index (χ2v) is 7.00. The van der Waals surface area contributed by atoms with E-state index in [1.807, 2.05) is 24.3 Å². The predicted molar refractivity (Wildman–Crippen MR) is 96.7 cm³/mol. The van der Waals surface area contributed by atoms with Gasteiger partial charge in [0.15, 0.2) is 0 Å². The zero-order valence-electron chi connectivity index (χ0n) is 12.4. The van der Waals surface area contributed by atoms with Gasteiger partial charge in [-0.25, -0.2) is 0 Å². The molecule has 0 aromatic heterocycles. The first-order chi connectivity index (χ1) is 11.1. The molecule has 1 saturated heterocycles. The molecule has 1 heterocycles. The number of hydrogen-bond donors (Lipinski definition) is 0. The van der Waals surface area contributed by atoms with Crippen LogP contribution in [0.3, 0.4) is 0 Å². The second kappa shape index (κ2) is 7.12. The smallest absolute Gasteiger partial charge is 0.227 e. The summed E-state index contributed by atoms with van der Waals surface area (Å²) in [6.45, 7) is 0.605. The van der Waals surface area contributed by atoms with Gasteiger partial charge in [0, 0.05) is 18.0 Å². The number of halogens is 3. The highest BCUT2D eigenvalue weighted by atomic mass is 35.5. The van der Waals surface area contributed by atoms with E-state index in [0.717, 1.165) is 23.4 Å². The Morgan fingerprint density at radius 2 is 1.61 bits per heavy atom. The largest absolute Gasteiger partial charge is 0.309 e. The molecule has 1 unspecified atom stereocenters. The van der Waals surface area contributed by atoms with E-state index in [4.69, 9.17) is 34.8 Å². The van der Waals surface area contributed by atoms with E-state index in [2.05, 4.69) is 0 Å². The minimum absolute atomic E-state index is 0.0652. The Kier molecular flexibility index (Phi) is 5.15. The third-order valence-corrected chi connectivity index (χ3v) is 5.16. The maximum absolute atomic E-state index is 12.3. The van der Waals surface area contributed by atoms with Crippen LogP contribution in [0.5, 0.6) is 0 Å². The molecule has 0 spiro atoms. The van der Waals surface area contributed by atoms with Gasteiger partial charge in [-0.15, -0.1) is 0 Å². The van der Waals surface area contributed by atoms with Crippen LogP contribution in [-0.2, 0) is 11.2 Å². The molecular weight excluding hydrogens is 353 g/mol. The van der Waals surface area contributed by atoms with Crippen LogP contribution in [0, 0.1) is 5.92 Å². The molecule has 1 fully saturated rings. The molecule has 2 nitrogen and oxygen atoms in total. The lowest BCUT2D eigenvalue weighted by atomic mass is 9.90. The van der Waals surface area contributed by atoms with Gasteiger partial charge in [-0.05, 0) is 42.5 Å². The van der Waals surface area contributed by atoms with Gasteiger partial charge in [-0.3, -0.25) is 4.79 Å². The Morgan fingerprint density at radius 3 is 2.30 bits per heavy atom. The lowest BCUT2D eigenvalue weighted by Gasteiger charge is -2.34. The van der Waals surface area contributed by atoms with Gasteiger partial charge >= 0.3 is 0 Å². The molecule has 1 atom stereocenters. The Balaban J connectivity index is 1.83. The minimum atomic E-state index is 0.0652. The highest BCUT2D eigenvalue weighted by Crippen LogP contribution is 2.37. The number of amides is 1. The van der Waals surface area contributed by atoms with E-state index >= 15 is 0 Å². The van der Waals surface area contributed by atoms with Crippen LogP contribution in [0.25, 0.3) is 0 Å². The van der Waals surface area contributed by atoms with Gasteiger partial charge in [0.2, 0.25) is 5.91 Å². The van der Waals surface area contributed by atoms with E-state index < -0.39 is 0 Å². The third kappa shape index (κ3) is 3.65. The maximum atomic E-state index is 12.3. The fourth-order valence-corrected chi connectivity index (χ4v) is 3.83. The summed E-state index contributed by atoms with van der Waals surface area (Å²) in [5.74, 6) is 0.398. The zero-order valence-corrected chi connectivity index (χ0v) is 14.7. The molecule has 1 aliphatic heterocycles. The summed E-state index contributed by atoms with van der Waals surface area (Å²) in [5.41, 5.74) is 1.73. The number of benzene rings is 2. The van der Waals surface area contributed by atoms with Gasteiger partial charge in [-0.2, -0.15) is 0 Å². The third-order valence-electron chi connectivity index (χ3n) is 4.18. The SMILES string of the molecule is O=C1CCC(Cc2ccccc2Cl)CN1c1c(Cl)cccc1Cl. The first-order valence-electron chi connectivity index (χ1n) is 7.54. The first-order valence-corrected chi connectivity index (χ1v) is 8.67. The molecule has 0 aliphatic carbocycles. The Bertz CT molecular complexity index is 712. The Morgan fingerprint density at radius 1 is 0.957 bits per heavy atom. The van der Waals surface area contributed by atoms with Gasteiger partial charge in [-0.1, -0.05) is 59.1 Å². The number of anilines is 1. The molecule has 3 rings (SSSR count). The van der Waals surface area contributed by atoms with E-state index in [9.17, 15) is 4.79 Å². The molecule has 0 radical (unpaired) electrons. The normalized spacial score (nSPS) is 18.3.